The molecular weight excluding hydrogens is 208 g/mol. The Bertz CT molecular complexity index is 160. The lowest BCUT2D eigenvalue weighted by Crippen LogP contribution is -2.21. The number of carbonyl (C=O) groups excluding carboxylic acids is 1. The highest BCUT2D eigenvalue weighted by Crippen LogP contribution is 2.11. The van der Waals surface area contributed by atoms with Crippen LogP contribution in [-0.2, 0) is 9.53 Å². The fourth-order valence-electron chi connectivity index (χ4n) is 1.49. The Morgan fingerprint density at radius 1 is 1.27 bits per heavy atom. The average molecular weight is 232 g/mol. The summed E-state index contributed by atoms with van der Waals surface area (Å²) in [6.07, 6.45) is 8.88. The maximum atomic E-state index is 11.2. The zero-order valence-corrected chi connectivity index (χ0v) is 11.1. The second-order valence-electron chi connectivity index (χ2n) is 3.88. The molecule has 2 nitrogen and oxygen atoms in total. The second-order valence-corrected chi connectivity index (χ2v) is 4.69. The summed E-state index contributed by atoms with van der Waals surface area (Å²) in [7, 11) is 0. The first-order valence-electron chi connectivity index (χ1n) is 5.83. The van der Waals surface area contributed by atoms with Gasteiger partial charge < -0.3 is 4.74 Å². The van der Waals surface area contributed by atoms with Crippen molar-refractivity contribution in [2.24, 2.45) is 0 Å². The Morgan fingerprint density at radius 2 is 1.93 bits per heavy atom. The standard InChI is InChI=1S/C12H24O2S/c1-4-5-6-7-8-9-12(11(2)13)14-10-15-3/h12H,4-10H2,1-3H3/t12-/m1/s1. The number of thioether (sulfide) groups is 1. The molecule has 0 bridgehead atoms. The van der Waals surface area contributed by atoms with Gasteiger partial charge in [0.2, 0.25) is 0 Å². The molecule has 0 radical (unpaired) electrons. The third-order valence-electron chi connectivity index (χ3n) is 2.41. The van der Waals surface area contributed by atoms with E-state index in [4.69, 9.17) is 4.74 Å². The molecule has 0 aliphatic rings. The third-order valence-corrected chi connectivity index (χ3v) is 2.78. The molecule has 0 heterocycles. The van der Waals surface area contributed by atoms with E-state index in [0.29, 0.717) is 5.94 Å². The van der Waals surface area contributed by atoms with Gasteiger partial charge in [0.15, 0.2) is 5.78 Å². The van der Waals surface area contributed by atoms with E-state index in [-0.39, 0.29) is 11.9 Å². The fraction of sp³-hybridized carbons (Fsp3) is 0.917. The molecular formula is C12H24O2S. The van der Waals surface area contributed by atoms with Gasteiger partial charge in [-0.25, -0.2) is 0 Å². The summed E-state index contributed by atoms with van der Waals surface area (Å²) in [5.41, 5.74) is 0. The highest BCUT2D eigenvalue weighted by Gasteiger charge is 2.13. The molecule has 0 rings (SSSR count). The Morgan fingerprint density at radius 3 is 2.47 bits per heavy atom. The van der Waals surface area contributed by atoms with Crippen LogP contribution in [0.1, 0.15) is 52.4 Å². The lowest BCUT2D eigenvalue weighted by molar-refractivity contribution is -0.127. The Balaban J connectivity index is 3.53. The number of unbranched alkanes of at least 4 members (excludes halogenated alkanes) is 4. The van der Waals surface area contributed by atoms with E-state index in [1.807, 2.05) is 6.26 Å². The molecule has 0 saturated carbocycles. The highest BCUT2D eigenvalue weighted by molar-refractivity contribution is 7.98. The van der Waals surface area contributed by atoms with E-state index in [9.17, 15) is 4.79 Å². The van der Waals surface area contributed by atoms with Crippen LogP contribution in [0.25, 0.3) is 0 Å². The van der Waals surface area contributed by atoms with Crippen LogP contribution in [0.15, 0.2) is 0 Å². The summed E-state index contributed by atoms with van der Waals surface area (Å²) in [6.45, 7) is 3.83. The minimum atomic E-state index is -0.168. The van der Waals surface area contributed by atoms with Crippen molar-refractivity contribution in [2.45, 2.75) is 58.5 Å². The molecule has 0 aliphatic carbocycles. The van der Waals surface area contributed by atoms with E-state index in [0.717, 1.165) is 12.8 Å². The largest absolute Gasteiger partial charge is 0.360 e. The molecule has 0 aliphatic heterocycles. The average Bonchev–Trinajstić information content (AvgIpc) is 2.21. The van der Waals surface area contributed by atoms with E-state index < -0.39 is 0 Å². The van der Waals surface area contributed by atoms with Crippen molar-refractivity contribution in [3.05, 3.63) is 0 Å². The quantitative estimate of drug-likeness (QED) is 0.425. The molecule has 0 saturated heterocycles. The van der Waals surface area contributed by atoms with Gasteiger partial charge in [-0.05, 0) is 19.6 Å². The van der Waals surface area contributed by atoms with Gasteiger partial charge in [0.1, 0.15) is 6.10 Å². The predicted molar refractivity (Wildman–Crippen MR) is 67.3 cm³/mol. The smallest absolute Gasteiger partial charge is 0.158 e. The fourth-order valence-corrected chi connectivity index (χ4v) is 1.79. The summed E-state index contributed by atoms with van der Waals surface area (Å²) in [5, 5.41) is 0. The number of hydrogen-bond acceptors (Lipinski definition) is 3. The van der Waals surface area contributed by atoms with Crippen LogP contribution >= 0.6 is 11.8 Å². The van der Waals surface area contributed by atoms with Gasteiger partial charge in [-0.15, -0.1) is 11.8 Å². The van der Waals surface area contributed by atoms with Crippen molar-refractivity contribution < 1.29 is 9.53 Å². The molecule has 0 amide bonds. The van der Waals surface area contributed by atoms with Crippen molar-refractivity contribution in [1.82, 2.24) is 0 Å². The van der Waals surface area contributed by atoms with Gasteiger partial charge in [-0.2, -0.15) is 0 Å². The van der Waals surface area contributed by atoms with Crippen molar-refractivity contribution in [1.29, 1.82) is 0 Å². The van der Waals surface area contributed by atoms with Crippen LogP contribution in [0.4, 0.5) is 0 Å². The topological polar surface area (TPSA) is 26.3 Å². The molecule has 0 unspecified atom stereocenters. The van der Waals surface area contributed by atoms with Crippen LogP contribution in [-0.4, -0.2) is 24.1 Å². The monoisotopic (exact) mass is 232 g/mol. The van der Waals surface area contributed by atoms with Crippen LogP contribution in [0.5, 0.6) is 0 Å². The van der Waals surface area contributed by atoms with Gasteiger partial charge in [0.05, 0.1) is 5.94 Å². The first-order chi connectivity index (χ1) is 7.22. The Labute approximate surface area is 98.2 Å². The number of hydrogen-bond donors (Lipinski definition) is 0. The maximum absolute atomic E-state index is 11.2. The van der Waals surface area contributed by atoms with Crippen LogP contribution in [0.2, 0.25) is 0 Å². The number of ketones is 1. The molecule has 0 aromatic carbocycles. The molecule has 0 fully saturated rings. The molecule has 0 aromatic rings. The third kappa shape index (κ3) is 8.94. The van der Waals surface area contributed by atoms with Crippen molar-refractivity contribution in [3.63, 3.8) is 0 Å². The molecule has 90 valence electrons. The summed E-state index contributed by atoms with van der Waals surface area (Å²) in [5.74, 6) is 0.790. The SMILES string of the molecule is CCCCCCC[C@@H](OCSC)C(C)=O. The van der Waals surface area contributed by atoms with Gasteiger partial charge in [-0.3, -0.25) is 4.79 Å². The van der Waals surface area contributed by atoms with Gasteiger partial charge >= 0.3 is 0 Å². The molecule has 3 heteroatoms. The Kier molecular flexibility index (Phi) is 10.5. The molecule has 0 aromatic heterocycles. The van der Waals surface area contributed by atoms with E-state index in [1.165, 1.54) is 25.7 Å². The normalized spacial score (nSPS) is 12.7. The number of carbonyl (C=O) groups is 1. The minimum Gasteiger partial charge on any atom is -0.360 e. The zero-order valence-electron chi connectivity index (χ0n) is 10.3. The van der Waals surface area contributed by atoms with Gasteiger partial charge in [0, 0.05) is 0 Å². The van der Waals surface area contributed by atoms with Crippen molar-refractivity contribution in [2.75, 3.05) is 12.2 Å². The van der Waals surface area contributed by atoms with Crippen molar-refractivity contribution in [3.8, 4) is 0 Å². The van der Waals surface area contributed by atoms with E-state index >= 15 is 0 Å². The highest BCUT2D eigenvalue weighted by atomic mass is 32.2. The lowest BCUT2D eigenvalue weighted by atomic mass is 10.1. The van der Waals surface area contributed by atoms with Crippen LogP contribution in [0.3, 0.4) is 0 Å². The summed E-state index contributed by atoms with van der Waals surface area (Å²) in [4.78, 5) is 11.2. The Hall–Kier alpha value is -0.0200. The predicted octanol–water partition coefficient (Wildman–Crippen LogP) is 3.64. The lowest BCUT2D eigenvalue weighted by Gasteiger charge is -2.13. The summed E-state index contributed by atoms with van der Waals surface area (Å²) >= 11 is 1.62. The van der Waals surface area contributed by atoms with E-state index in [2.05, 4.69) is 6.92 Å². The van der Waals surface area contributed by atoms with Crippen LogP contribution in [0, 0.1) is 0 Å². The van der Waals surface area contributed by atoms with E-state index in [1.54, 1.807) is 18.7 Å². The zero-order chi connectivity index (χ0) is 11.5. The molecule has 1 atom stereocenters. The van der Waals surface area contributed by atoms with Crippen molar-refractivity contribution >= 4 is 17.5 Å². The number of ether oxygens (including phenoxy) is 1. The first kappa shape index (κ1) is 15.0. The first-order valence-corrected chi connectivity index (χ1v) is 7.22. The summed E-state index contributed by atoms with van der Waals surface area (Å²) in [6, 6.07) is 0. The van der Waals surface area contributed by atoms with Gasteiger partial charge in [0.25, 0.3) is 0 Å². The molecule has 15 heavy (non-hydrogen) atoms. The minimum absolute atomic E-state index is 0.166. The number of Topliss-reactive ketones (excluding diaryl/α,β-unsaturated/α-hetero) is 1. The second kappa shape index (κ2) is 10.5. The molecule has 0 spiro atoms. The summed E-state index contributed by atoms with van der Waals surface area (Å²) < 4.78 is 5.47. The number of rotatable bonds is 10. The maximum Gasteiger partial charge on any atom is 0.158 e. The van der Waals surface area contributed by atoms with Crippen LogP contribution < -0.4 is 0 Å². The van der Waals surface area contributed by atoms with Gasteiger partial charge in [-0.1, -0.05) is 39.0 Å². The molecule has 0 N–H and O–H groups in total.